The predicted octanol–water partition coefficient (Wildman–Crippen LogP) is 3.76. The SMILES string of the molecule is COc1ccc(-c2cc(=O)oc3cc(OCC(=O)NCc4ccco4)ccc23)cc1. The van der Waals surface area contributed by atoms with Crippen molar-refractivity contribution in [2.45, 2.75) is 6.54 Å². The van der Waals surface area contributed by atoms with Crippen LogP contribution in [0.2, 0.25) is 0 Å². The average Bonchev–Trinajstić information content (AvgIpc) is 3.29. The molecule has 152 valence electrons. The highest BCUT2D eigenvalue weighted by Crippen LogP contribution is 2.30. The molecule has 0 saturated carbocycles. The van der Waals surface area contributed by atoms with Gasteiger partial charge in [-0.3, -0.25) is 4.79 Å². The van der Waals surface area contributed by atoms with Crippen molar-refractivity contribution in [3.8, 4) is 22.6 Å². The number of nitrogens with one attached hydrogen (secondary N) is 1. The lowest BCUT2D eigenvalue weighted by Crippen LogP contribution is -2.28. The van der Waals surface area contributed by atoms with Crippen LogP contribution in [0.3, 0.4) is 0 Å². The second-order valence-corrected chi connectivity index (χ2v) is 6.51. The standard InChI is InChI=1S/C23H19NO6/c1-27-16-6-4-15(5-7-16)20-12-23(26)30-21-11-17(8-9-19(20)21)29-14-22(25)24-13-18-3-2-10-28-18/h2-12H,13-14H2,1H3,(H,24,25). The summed E-state index contributed by atoms with van der Waals surface area (Å²) in [6, 6.07) is 17.5. The van der Waals surface area contributed by atoms with Gasteiger partial charge in [-0.1, -0.05) is 12.1 Å². The largest absolute Gasteiger partial charge is 0.497 e. The maximum absolute atomic E-state index is 12.1. The summed E-state index contributed by atoms with van der Waals surface area (Å²) in [7, 11) is 1.60. The number of carbonyl (C=O) groups excluding carboxylic acids is 1. The fourth-order valence-electron chi connectivity index (χ4n) is 3.04. The molecule has 0 unspecified atom stereocenters. The van der Waals surface area contributed by atoms with E-state index in [2.05, 4.69) is 5.32 Å². The number of fused-ring (bicyclic) bond motifs is 1. The predicted molar refractivity (Wildman–Crippen MR) is 111 cm³/mol. The number of hydrogen-bond acceptors (Lipinski definition) is 6. The van der Waals surface area contributed by atoms with Crippen molar-refractivity contribution in [1.29, 1.82) is 0 Å². The Labute approximate surface area is 171 Å². The van der Waals surface area contributed by atoms with Crippen LogP contribution in [-0.4, -0.2) is 19.6 Å². The smallest absolute Gasteiger partial charge is 0.336 e. The summed E-state index contributed by atoms with van der Waals surface area (Å²) < 4.78 is 21.2. The molecule has 0 saturated heterocycles. The minimum atomic E-state index is -0.471. The van der Waals surface area contributed by atoms with Gasteiger partial charge in [0.2, 0.25) is 0 Å². The molecule has 30 heavy (non-hydrogen) atoms. The monoisotopic (exact) mass is 405 g/mol. The van der Waals surface area contributed by atoms with Gasteiger partial charge in [0.25, 0.3) is 5.91 Å². The van der Waals surface area contributed by atoms with Gasteiger partial charge in [-0.25, -0.2) is 4.79 Å². The van der Waals surface area contributed by atoms with E-state index in [4.69, 9.17) is 18.3 Å². The van der Waals surface area contributed by atoms with Crippen LogP contribution in [-0.2, 0) is 11.3 Å². The summed E-state index contributed by atoms with van der Waals surface area (Å²) in [5.74, 6) is 1.51. The Kier molecular flexibility index (Phi) is 5.52. The molecule has 1 N–H and O–H groups in total. The highest BCUT2D eigenvalue weighted by Gasteiger charge is 2.11. The van der Waals surface area contributed by atoms with Gasteiger partial charge in [-0.05, 0) is 47.5 Å². The topological polar surface area (TPSA) is 90.9 Å². The zero-order chi connectivity index (χ0) is 20.9. The molecule has 2 heterocycles. The number of furan rings is 1. The molecule has 0 atom stereocenters. The molecule has 0 aliphatic rings. The molecule has 1 amide bonds. The Balaban J connectivity index is 1.51. The van der Waals surface area contributed by atoms with E-state index in [1.165, 1.54) is 6.07 Å². The van der Waals surface area contributed by atoms with Gasteiger partial charge in [0.15, 0.2) is 6.61 Å². The van der Waals surface area contributed by atoms with Crippen molar-refractivity contribution in [1.82, 2.24) is 5.32 Å². The van der Waals surface area contributed by atoms with E-state index >= 15 is 0 Å². The van der Waals surface area contributed by atoms with Crippen LogP contribution in [0.4, 0.5) is 0 Å². The summed E-state index contributed by atoms with van der Waals surface area (Å²) in [5, 5.41) is 3.46. The minimum Gasteiger partial charge on any atom is -0.497 e. The normalized spacial score (nSPS) is 10.7. The van der Waals surface area contributed by atoms with Crippen molar-refractivity contribution in [3.05, 3.63) is 83.1 Å². The van der Waals surface area contributed by atoms with Crippen molar-refractivity contribution in [2.75, 3.05) is 13.7 Å². The van der Waals surface area contributed by atoms with Crippen molar-refractivity contribution in [2.24, 2.45) is 0 Å². The van der Waals surface area contributed by atoms with E-state index in [1.54, 1.807) is 43.7 Å². The van der Waals surface area contributed by atoms with E-state index in [0.717, 1.165) is 22.3 Å². The van der Waals surface area contributed by atoms with E-state index in [-0.39, 0.29) is 19.1 Å². The number of hydrogen-bond donors (Lipinski definition) is 1. The average molecular weight is 405 g/mol. The Morgan fingerprint density at radius 1 is 1.03 bits per heavy atom. The van der Waals surface area contributed by atoms with Crippen LogP contribution < -0.4 is 20.4 Å². The number of benzene rings is 2. The lowest BCUT2D eigenvalue weighted by atomic mass is 10.0. The molecule has 0 radical (unpaired) electrons. The molecular weight excluding hydrogens is 386 g/mol. The number of amides is 1. The molecule has 0 bridgehead atoms. The van der Waals surface area contributed by atoms with Crippen molar-refractivity contribution in [3.63, 3.8) is 0 Å². The second kappa shape index (κ2) is 8.57. The van der Waals surface area contributed by atoms with Gasteiger partial charge in [-0.2, -0.15) is 0 Å². The molecular formula is C23H19NO6. The Hall–Kier alpha value is -4.00. The fraction of sp³-hybridized carbons (Fsp3) is 0.130. The Morgan fingerprint density at radius 3 is 2.57 bits per heavy atom. The number of carbonyl (C=O) groups is 1. The molecule has 0 aliphatic carbocycles. The molecule has 4 rings (SSSR count). The summed E-state index contributed by atoms with van der Waals surface area (Å²) in [6.07, 6.45) is 1.54. The highest BCUT2D eigenvalue weighted by atomic mass is 16.5. The first-order valence-corrected chi connectivity index (χ1v) is 9.26. The van der Waals surface area contributed by atoms with Gasteiger partial charge < -0.3 is 23.6 Å². The summed E-state index contributed by atoms with van der Waals surface area (Å²) in [6.45, 7) is 0.113. The maximum Gasteiger partial charge on any atom is 0.336 e. The van der Waals surface area contributed by atoms with Crippen molar-refractivity contribution >= 4 is 16.9 Å². The summed E-state index contributed by atoms with van der Waals surface area (Å²) in [5.41, 5.74) is 1.51. The third-order valence-corrected chi connectivity index (χ3v) is 4.53. The van der Waals surface area contributed by atoms with Crippen LogP contribution in [0.1, 0.15) is 5.76 Å². The van der Waals surface area contributed by atoms with Crippen LogP contribution in [0.25, 0.3) is 22.1 Å². The number of ether oxygens (including phenoxy) is 2. The molecule has 7 heteroatoms. The second-order valence-electron chi connectivity index (χ2n) is 6.51. The summed E-state index contributed by atoms with van der Waals surface area (Å²) >= 11 is 0. The minimum absolute atomic E-state index is 0.172. The van der Waals surface area contributed by atoms with E-state index < -0.39 is 5.63 Å². The molecule has 2 aromatic carbocycles. The van der Waals surface area contributed by atoms with Gasteiger partial charge in [-0.15, -0.1) is 0 Å². The molecule has 0 spiro atoms. The van der Waals surface area contributed by atoms with Crippen LogP contribution in [0, 0.1) is 0 Å². The fourth-order valence-corrected chi connectivity index (χ4v) is 3.04. The first-order valence-electron chi connectivity index (χ1n) is 9.26. The van der Waals surface area contributed by atoms with Crippen LogP contribution in [0.15, 0.2) is 80.6 Å². The van der Waals surface area contributed by atoms with Crippen molar-refractivity contribution < 1.29 is 23.1 Å². The van der Waals surface area contributed by atoms with E-state index in [1.807, 2.05) is 24.3 Å². The third-order valence-electron chi connectivity index (χ3n) is 4.53. The van der Waals surface area contributed by atoms with E-state index in [9.17, 15) is 9.59 Å². The number of methoxy groups -OCH3 is 1. The lowest BCUT2D eigenvalue weighted by molar-refractivity contribution is -0.123. The highest BCUT2D eigenvalue weighted by molar-refractivity contribution is 5.93. The molecule has 0 aliphatic heterocycles. The van der Waals surface area contributed by atoms with Crippen LogP contribution in [0.5, 0.6) is 11.5 Å². The zero-order valence-electron chi connectivity index (χ0n) is 16.2. The molecule has 4 aromatic rings. The molecule has 2 aromatic heterocycles. The first-order chi connectivity index (χ1) is 14.6. The third kappa shape index (κ3) is 4.35. The summed E-state index contributed by atoms with van der Waals surface area (Å²) in [4.78, 5) is 24.0. The van der Waals surface area contributed by atoms with E-state index in [0.29, 0.717) is 17.1 Å². The Bertz CT molecular complexity index is 1210. The van der Waals surface area contributed by atoms with Gasteiger partial charge >= 0.3 is 5.63 Å². The molecule has 0 fully saturated rings. The Morgan fingerprint density at radius 2 is 1.83 bits per heavy atom. The van der Waals surface area contributed by atoms with Crippen LogP contribution >= 0.6 is 0 Å². The first kappa shape index (κ1) is 19.3. The maximum atomic E-state index is 12.1. The van der Waals surface area contributed by atoms with Gasteiger partial charge in [0.1, 0.15) is 22.8 Å². The van der Waals surface area contributed by atoms with Gasteiger partial charge in [0.05, 0.1) is 19.9 Å². The zero-order valence-corrected chi connectivity index (χ0v) is 16.2. The quantitative estimate of drug-likeness (QED) is 0.471. The van der Waals surface area contributed by atoms with Gasteiger partial charge in [0, 0.05) is 17.5 Å². The number of rotatable bonds is 7. The lowest BCUT2D eigenvalue weighted by Gasteiger charge is -2.10. The molecule has 7 nitrogen and oxygen atoms in total.